The number of nitrogens with zero attached hydrogens (tertiary/aromatic N) is 4. The molecule has 2 saturated heterocycles. The Balaban J connectivity index is 1.44. The predicted octanol–water partition coefficient (Wildman–Crippen LogP) is 3.15. The van der Waals surface area contributed by atoms with Crippen LogP contribution in [0.5, 0.6) is 0 Å². The second-order valence-electron chi connectivity index (χ2n) is 10.2. The van der Waals surface area contributed by atoms with Crippen LogP contribution in [0.25, 0.3) is 0 Å². The highest BCUT2D eigenvalue weighted by molar-refractivity contribution is 7.90. The van der Waals surface area contributed by atoms with Crippen molar-refractivity contribution in [3.05, 3.63) is 83.4 Å². The zero-order valence-electron chi connectivity index (χ0n) is 22.5. The second-order valence-corrected chi connectivity index (χ2v) is 12.1. The molecule has 2 fully saturated rings. The van der Waals surface area contributed by atoms with E-state index in [0.717, 1.165) is 25.9 Å². The minimum atomic E-state index is -3.99. The molecule has 0 saturated carbocycles. The van der Waals surface area contributed by atoms with Crippen molar-refractivity contribution in [2.75, 3.05) is 46.0 Å². The van der Waals surface area contributed by atoms with Gasteiger partial charge in [0.1, 0.15) is 5.82 Å². The largest absolute Gasteiger partial charge is 0.379 e. The minimum absolute atomic E-state index is 0.0853. The molecule has 0 bridgehead atoms. The van der Waals surface area contributed by atoms with Crippen molar-refractivity contribution in [3.63, 3.8) is 0 Å². The Labute approximate surface area is 234 Å². The average molecular weight is 571 g/mol. The van der Waals surface area contributed by atoms with Crippen LogP contribution in [0.1, 0.15) is 34.5 Å². The third kappa shape index (κ3) is 6.95. The van der Waals surface area contributed by atoms with E-state index in [-0.39, 0.29) is 35.8 Å². The molecule has 9 nitrogen and oxygen atoms in total. The number of carbonyl (C=O) groups excluding carboxylic acids is 1. The van der Waals surface area contributed by atoms with Gasteiger partial charge in [-0.2, -0.15) is 0 Å². The fourth-order valence-corrected chi connectivity index (χ4v) is 6.65. The highest BCUT2D eigenvalue weighted by Gasteiger charge is 2.29. The maximum absolute atomic E-state index is 14.4. The summed E-state index contributed by atoms with van der Waals surface area (Å²) in [5, 5.41) is -0.137. The maximum Gasteiger partial charge on any atom is 0.254 e. The summed E-state index contributed by atoms with van der Waals surface area (Å²) in [6, 6.07) is 14.9. The first-order chi connectivity index (χ1) is 19.4. The monoisotopic (exact) mass is 570 g/mol. The number of ether oxygens (including phenoxy) is 2. The molecule has 11 heteroatoms. The van der Waals surface area contributed by atoms with E-state index in [9.17, 15) is 17.6 Å². The Hall–Kier alpha value is -3.12. The molecular weight excluding hydrogens is 535 g/mol. The summed E-state index contributed by atoms with van der Waals surface area (Å²) in [6.45, 7) is 5.10. The Morgan fingerprint density at radius 2 is 1.80 bits per heavy atom. The number of carbonyl (C=O) groups is 1. The highest BCUT2D eigenvalue weighted by atomic mass is 32.2. The van der Waals surface area contributed by atoms with Crippen LogP contribution in [-0.2, 0) is 38.2 Å². The first kappa shape index (κ1) is 28.4. The lowest BCUT2D eigenvalue weighted by molar-refractivity contribution is 0.0318. The van der Waals surface area contributed by atoms with E-state index in [1.54, 1.807) is 27.7 Å². The summed E-state index contributed by atoms with van der Waals surface area (Å²) in [4.78, 5) is 21.9. The van der Waals surface area contributed by atoms with Gasteiger partial charge in [-0.15, -0.1) is 0 Å². The summed E-state index contributed by atoms with van der Waals surface area (Å²) < 4.78 is 54.4. The molecule has 0 aliphatic carbocycles. The molecule has 1 atom stereocenters. The van der Waals surface area contributed by atoms with Crippen molar-refractivity contribution in [3.8, 4) is 0 Å². The van der Waals surface area contributed by atoms with Crippen LogP contribution in [0.2, 0.25) is 0 Å². The van der Waals surface area contributed by atoms with Crippen LogP contribution in [0, 0.1) is 5.82 Å². The molecule has 1 unspecified atom stereocenters. The molecule has 1 aromatic heterocycles. The van der Waals surface area contributed by atoms with Gasteiger partial charge < -0.3 is 18.9 Å². The Morgan fingerprint density at radius 3 is 2.52 bits per heavy atom. The lowest BCUT2D eigenvalue weighted by Gasteiger charge is -2.30. The molecule has 2 aliphatic heterocycles. The lowest BCUT2D eigenvalue weighted by Crippen LogP contribution is -2.43. The number of amides is 1. The van der Waals surface area contributed by atoms with Gasteiger partial charge in [0.2, 0.25) is 15.0 Å². The van der Waals surface area contributed by atoms with Crippen LogP contribution in [0.3, 0.4) is 0 Å². The smallest absolute Gasteiger partial charge is 0.254 e. The SMILES string of the molecule is O=C(c1ccccc1)N(CCN1CCOCC1)Cc1cnc(S(=O)(=O)Cc2ccccc2F)n1CC1CCCO1. The molecule has 0 spiro atoms. The quantitative estimate of drug-likeness (QED) is 0.350. The summed E-state index contributed by atoms with van der Waals surface area (Å²) in [5.74, 6) is -1.23. The normalized spacial score (nSPS) is 18.2. The van der Waals surface area contributed by atoms with Gasteiger partial charge in [-0.05, 0) is 31.0 Å². The number of hydrogen-bond acceptors (Lipinski definition) is 7. The molecule has 2 aromatic carbocycles. The van der Waals surface area contributed by atoms with Gasteiger partial charge in [-0.25, -0.2) is 17.8 Å². The fraction of sp³-hybridized carbons (Fsp3) is 0.448. The molecule has 0 N–H and O–H groups in total. The minimum Gasteiger partial charge on any atom is -0.379 e. The number of aromatic nitrogens is 2. The van der Waals surface area contributed by atoms with Crippen molar-refractivity contribution in [2.24, 2.45) is 0 Å². The number of morpholine rings is 1. The molecule has 40 heavy (non-hydrogen) atoms. The molecule has 0 radical (unpaired) electrons. The van der Waals surface area contributed by atoms with Gasteiger partial charge in [-0.3, -0.25) is 9.69 Å². The average Bonchev–Trinajstić information content (AvgIpc) is 3.63. The van der Waals surface area contributed by atoms with Crippen molar-refractivity contribution >= 4 is 15.7 Å². The maximum atomic E-state index is 14.4. The molecule has 2 aliphatic rings. The van der Waals surface area contributed by atoms with Gasteiger partial charge in [-0.1, -0.05) is 36.4 Å². The van der Waals surface area contributed by atoms with Crippen LogP contribution in [0.4, 0.5) is 4.39 Å². The van der Waals surface area contributed by atoms with Crippen molar-refractivity contribution in [1.82, 2.24) is 19.4 Å². The lowest BCUT2D eigenvalue weighted by atomic mass is 10.2. The Morgan fingerprint density at radius 1 is 1.05 bits per heavy atom. The van der Waals surface area contributed by atoms with E-state index in [0.29, 0.717) is 44.2 Å². The summed E-state index contributed by atoms with van der Waals surface area (Å²) >= 11 is 0. The van der Waals surface area contributed by atoms with Crippen LogP contribution < -0.4 is 0 Å². The van der Waals surface area contributed by atoms with Gasteiger partial charge >= 0.3 is 0 Å². The zero-order valence-corrected chi connectivity index (χ0v) is 23.3. The number of benzene rings is 2. The Bertz CT molecular complexity index is 1390. The number of hydrogen-bond donors (Lipinski definition) is 0. The second kappa shape index (κ2) is 13.0. The predicted molar refractivity (Wildman–Crippen MR) is 147 cm³/mol. The third-order valence-electron chi connectivity index (χ3n) is 7.34. The highest BCUT2D eigenvalue weighted by Crippen LogP contribution is 2.24. The number of imidazole rings is 1. The molecule has 3 heterocycles. The molecule has 214 valence electrons. The van der Waals surface area contributed by atoms with Gasteiger partial charge in [0.15, 0.2) is 0 Å². The number of halogens is 1. The first-order valence-corrected chi connectivity index (χ1v) is 15.3. The first-order valence-electron chi connectivity index (χ1n) is 13.7. The molecule has 3 aromatic rings. The van der Waals surface area contributed by atoms with Gasteiger partial charge in [0.25, 0.3) is 5.91 Å². The molecular formula is C29H35FN4O5S. The van der Waals surface area contributed by atoms with E-state index in [1.807, 2.05) is 18.2 Å². The Kier molecular flexibility index (Phi) is 9.25. The summed E-state index contributed by atoms with van der Waals surface area (Å²) in [5.41, 5.74) is 1.23. The van der Waals surface area contributed by atoms with Crippen molar-refractivity contribution < 1.29 is 27.1 Å². The van der Waals surface area contributed by atoms with Crippen molar-refractivity contribution in [1.29, 1.82) is 0 Å². The molecule has 1 amide bonds. The zero-order chi connectivity index (χ0) is 28.0. The van der Waals surface area contributed by atoms with E-state index in [2.05, 4.69) is 9.88 Å². The van der Waals surface area contributed by atoms with Crippen molar-refractivity contribution in [2.45, 2.75) is 42.9 Å². The van der Waals surface area contributed by atoms with Crippen LogP contribution in [-0.4, -0.2) is 85.8 Å². The van der Waals surface area contributed by atoms with Crippen LogP contribution in [0.15, 0.2) is 66.0 Å². The van der Waals surface area contributed by atoms with E-state index in [4.69, 9.17) is 9.47 Å². The van der Waals surface area contributed by atoms with E-state index in [1.165, 1.54) is 24.4 Å². The van der Waals surface area contributed by atoms with E-state index < -0.39 is 21.4 Å². The standard InChI is InChI=1S/C29H35FN4O5S/c30-27-11-5-4-9-24(27)22-40(36,37)29-31-19-25(34(29)21-26-10-6-16-39-26)20-33(13-12-32-14-17-38-18-15-32)28(35)23-7-2-1-3-8-23/h1-5,7-9,11,19,26H,6,10,12-18,20-22H2. The summed E-state index contributed by atoms with van der Waals surface area (Å²) in [7, 11) is -3.99. The molecule has 5 rings (SSSR count). The topological polar surface area (TPSA) is 94.0 Å². The fourth-order valence-electron chi connectivity index (χ4n) is 5.14. The van der Waals surface area contributed by atoms with Gasteiger partial charge in [0.05, 0.1) is 50.1 Å². The van der Waals surface area contributed by atoms with E-state index >= 15 is 0 Å². The number of rotatable bonds is 11. The van der Waals surface area contributed by atoms with Crippen LogP contribution >= 0.6 is 0 Å². The van der Waals surface area contributed by atoms with Gasteiger partial charge in [0, 0.05) is 43.9 Å². The third-order valence-corrected chi connectivity index (χ3v) is 8.92. The summed E-state index contributed by atoms with van der Waals surface area (Å²) in [6.07, 6.45) is 3.04. The number of sulfone groups is 1.